The average Bonchev–Trinajstić information content (AvgIpc) is 2.49. The fourth-order valence-corrected chi connectivity index (χ4v) is 2.43. The molecule has 0 aromatic rings. The van der Waals surface area contributed by atoms with Gasteiger partial charge in [0.05, 0.1) is 0 Å². The highest BCUT2D eigenvalue weighted by Gasteiger charge is 2.33. The highest BCUT2D eigenvalue weighted by molar-refractivity contribution is 5.97. The molecule has 4 unspecified atom stereocenters. The summed E-state index contributed by atoms with van der Waals surface area (Å²) in [7, 11) is 0. The van der Waals surface area contributed by atoms with E-state index in [0.29, 0.717) is 6.54 Å². The Balaban J connectivity index is 3.15. The van der Waals surface area contributed by atoms with Gasteiger partial charge in [0, 0.05) is 6.54 Å². The summed E-state index contributed by atoms with van der Waals surface area (Å²) < 4.78 is 0. The summed E-state index contributed by atoms with van der Waals surface area (Å²) in [6.45, 7) is 10.5. The van der Waals surface area contributed by atoms with Crippen LogP contribution in [0.1, 0.15) is 41.5 Å². The summed E-state index contributed by atoms with van der Waals surface area (Å²) >= 11 is 0. The van der Waals surface area contributed by atoms with Gasteiger partial charge in [0.15, 0.2) is 0 Å². The lowest BCUT2D eigenvalue weighted by Crippen LogP contribution is -2.60. The predicted molar refractivity (Wildman–Crippen MR) is 88.8 cm³/mol. The predicted octanol–water partition coefficient (Wildman–Crippen LogP) is -0.613. The van der Waals surface area contributed by atoms with E-state index in [1.54, 1.807) is 13.8 Å². The van der Waals surface area contributed by atoms with Crippen LogP contribution in [0, 0.1) is 5.92 Å². The van der Waals surface area contributed by atoms with Crippen molar-refractivity contribution in [1.82, 2.24) is 20.9 Å². The summed E-state index contributed by atoms with van der Waals surface area (Å²) in [5.74, 6) is -1.47. The molecule has 1 aliphatic heterocycles. The molecule has 1 fully saturated rings. The van der Waals surface area contributed by atoms with E-state index in [1.165, 1.54) is 18.7 Å². The fourth-order valence-electron chi connectivity index (χ4n) is 2.43. The lowest BCUT2D eigenvalue weighted by Gasteiger charge is -2.34. The van der Waals surface area contributed by atoms with Crippen LogP contribution in [0.15, 0.2) is 0 Å². The van der Waals surface area contributed by atoms with E-state index >= 15 is 0 Å². The number of rotatable bonds is 2. The Morgan fingerprint density at radius 1 is 0.792 bits per heavy atom. The van der Waals surface area contributed by atoms with Crippen molar-refractivity contribution < 1.29 is 19.2 Å². The molecule has 0 bridgehead atoms. The number of nitrogens with one attached hydrogen (secondary N) is 3. The normalized spacial score (nSPS) is 30.2. The van der Waals surface area contributed by atoms with Crippen molar-refractivity contribution in [2.45, 2.75) is 65.7 Å². The molecule has 3 N–H and O–H groups in total. The number of hydrogen-bond acceptors (Lipinski definition) is 4. The molecule has 4 amide bonds. The van der Waals surface area contributed by atoms with Gasteiger partial charge >= 0.3 is 0 Å². The van der Waals surface area contributed by atoms with Crippen molar-refractivity contribution in [2.75, 3.05) is 6.54 Å². The Kier molecular flexibility index (Phi) is 6.74. The second-order valence-corrected chi connectivity index (χ2v) is 6.75. The first-order chi connectivity index (χ1) is 11.0. The van der Waals surface area contributed by atoms with E-state index in [0.717, 1.165) is 0 Å². The molecule has 1 heterocycles. The van der Waals surface area contributed by atoms with E-state index in [9.17, 15) is 19.2 Å². The lowest BCUT2D eigenvalue weighted by molar-refractivity contribution is -0.144. The maximum atomic E-state index is 12.7. The zero-order chi connectivity index (χ0) is 18.6. The van der Waals surface area contributed by atoms with Crippen molar-refractivity contribution in [1.29, 1.82) is 0 Å². The van der Waals surface area contributed by atoms with Gasteiger partial charge in [-0.2, -0.15) is 0 Å². The Morgan fingerprint density at radius 2 is 1.21 bits per heavy atom. The minimum absolute atomic E-state index is 0.152. The van der Waals surface area contributed by atoms with Crippen LogP contribution in [0.25, 0.3) is 0 Å². The number of nitrogens with zero attached hydrogens (tertiary/aromatic N) is 1. The summed E-state index contributed by atoms with van der Waals surface area (Å²) in [4.78, 5) is 50.7. The van der Waals surface area contributed by atoms with Crippen molar-refractivity contribution in [3.63, 3.8) is 0 Å². The van der Waals surface area contributed by atoms with Gasteiger partial charge in [0.25, 0.3) is 0 Å². The van der Waals surface area contributed by atoms with Crippen LogP contribution >= 0.6 is 0 Å². The van der Waals surface area contributed by atoms with Crippen LogP contribution in [0.4, 0.5) is 0 Å². The largest absolute Gasteiger partial charge is 0.343 e. The minimum atomic E-state index is -0.803. The van der Waals surface area contributed by atoms with E-state index < -0.39 is 41.9 Å². The molecule has 1 saturated heterocycles. The first-order valence-corrected chi connectivity index (χ1v) is 8.26. The third-order valence-corrected chi connectivity index (χ3v) is 3.93. The Labute approximate surface area is 142 Å². The SMILES string of the molecule is CC(C)CN1C(=O)C(C)NC(=O)C(C)NC(=O)C(C)NC(=O)C1C. The molecule has 0 spiro atoms. The quantitative estimate of drug-likeness (QED) is 0.623. The van der Waals surface area contributed by atoms with Gasteiger partial charge in [-0.05, 0) is 33.6 Å². The third-order valence-electron chi connectivity index (χ3n) is 3.93. The summed E-state index contributed by atoms with van der Waals surface area (Å²) in [6, 6.07) is -3.14. The Bertz CT molecular complexity index is 520. The first kappa shape index (κ1) is 19.9. The molecule has 1 aliphatic rings. The average molecular weight is 340 g/mol. The van der Waals surface area contributed by atoms with Crippen molar-refractivity contribution in [3.05, 3.63) is 0 Å². The smallest absolute Gasteiger partial charge is 0.245 e. The molecule has 8 heteroatoms. The first-order valence-electron chi connectivity index (χ1n) is 8.26. The standard InChI is InChI=1S/C16H28N4O4/c1-8(2)7-20-12(6)15(23)18-10(4)13(21)17-9(3)14(22)19-11(5)16(20)24/h8-12H,7H2,1-6H3,(H,17,21)(H,18,23)(H,19,22). The third kappa shape index (κ3) is 4.94. The minimum Gasteiger partial charge on any atom is -0.343 e. The summed E-state index contributed by atoms with van der Waals surface area (Å²) in [6.07, 6.45) is 0. The molecule has 0 aromatic carbocycles. The van der Waals surface area contributed by atoms with E-state index in [-0.39, 0.29) is 11.8 Å². The molecular formula is C16H28N4O4. The van der Waals surface area contributed by atoms with Crippen molar-refractivity contribution >= 4 is 23.6 Å². The lowest BCUT2D eigenvalue weighted by atomic mass is 10.1. The van der Waals surface area contributed by atoms with Crippen LogP contribution in [-0.2, 0) is 19.2 Å². The fraction of sp³-hybridized carbons (Fsp3) is 0.750. The van der Waals surface area contributed by atoms with Crippen molar-refractivity contribution in [3.8, 4) is 0 Å². The van der Waals surface area contributed by atoms with Gasteiger partial charge in [-0.3, -0.25) is 19.2 Å². The van der Waals surface area contributed by atoms with E-state index in [4.69, 9.17) is 0 Å². The molecule has 0 saturated carbocycles. The molecule has 8 nitrogen and oxygen atoms in total. The van der Waals surface area contributed by atoms with Crippen LogP contribution in [0.5, 0.6) is 0 Å². The van der Waals surface area contributed by atoms with Crippen LogP contribution in [0.3, 0.4) is 0 Å². The van der Waals surface area contributed by atoms with Gasteiger partial charge in [0.2, 0.25) is 23.6 Å². The molecule has 0 aromatic heterocycles. The zero-order valence-electron chi connectivity index (χ0n) is 15.2. The van der Waals surface area contributed by atoms with Gasteiger partial charge in [0.1, 0.15) is 24.2 Å². The zero-order valence-corrected chi connectivity index (χ0v) is 15.2. The van der Waals surface area contributed by atoms with Crippen LogP contribution < -0.4 is 16.0 Å². The van der Waals surface area contributed by atoms with Crippen LogP contribution in [0.2, 0.25) is 0 Å². The summed E-state index contributed by atoms with van der Waals surface area (Å²) in [5, 5.41) is 7.71. The second kappa shape index (κ2) is 8.12. The topological polar surface area (TPSA) is 108 Å². The Hall–Kier alpha value is -2.12. The number of carbonyl (C=O) groups is 4. The molecule has 24 heavy (non-hydrogen) atoms. The highest BCUT2D eigenvalue weighted by atomic mass is 16.2. The molecule has 0 aliphatic carbocycles. The van der Waals surface area contributed by atoms with E-state index in [2.05, 4.69) is 16.0 Å². The molecule has 136 valence electrons. The maximum Gasteiger partial charge on any atom is 0.245 e. The molecule has 4 atom stereocenters. The van der Waals surface area contributed by atoms with Gasteiger partial charge < -0.3 is 20.9 Å². The van der Waals surface area contributed by atoms with Crippen LogP contribution in [-0.4, -0.2) is 59.2 Å². The van der Waals surface area contributed by atoms with Gasteiger partial charge in [-0.1, -0.05) is 13.8 Å². The monoisotopic (exact) mass is 340 g/mol. The maximum absolute atomic E-state index is 12.7. The number of carbonyl (C=O) groups excluding carboxylic acids is 4. The van der Waals surface area contributed by atoms with Gasteiger partial charge in [-0.15, -0.1) is 0 Å². The van der Waals surface area contributed by atoms with E-state index in [1.807, 2.05) is 13.8 Å². The molecule has 1 rings (SSSR count). The highest BCUT2D eigenvalue weighted by Crippen LogP contribution is 2.09. The number of amides is 4. The van der Waals surface area contributed by atoms with Crippen molar-refractivity contribution in [2.24, 2.45) is 5.92 Å². The molecule has 0 radical (unpaired) electrons. The number of hydrogen-bond donors (Lipinski definition) is 3. The summed E-state index contributed by atoms with van der Waals surface area (Å²) in [5.41, 5.74) is 0. The van der Waals surface area contributed by atoms with Gasteiger partial charge in [-0.25, -0.2) is 0 Å². The second-order valence-electron chi connectivity index (χ2n) is 6.75. The molecular weight excluding hydrogens is 312 g/mol. The Morgan fingerprint density at radius 3 is 1.67 bits per heavy atom.